The van der Waals surface area contributed by atoms with Crippen LogP contribution in [0.5, 0.6) is 0 Å². The lowest BCUT2D eigenvalue weighted by molar-refractivity contribution is -0.0983. The molecule has 0 amide bonds. The summed E-state index contributed by atoms with van der Waals surface area (Å²) in [5.74, 6) is 0. The molecule has 0 bridgehead atoms. The molecular weight excluding hydrogens is 129 g/mol. The molecule has 0 aromatic carbocycles. The van der Waals surface area contributed by atoms with Gasteiger partial charge in [0.05, 0.1) is 6.42 Å². The van der Waals surface area contributed by atoms with Crippen molar-refractivity contribution in [2.75, 3.05) is 0 Å². The maximum Gasteiger partial charge on any atom is 0.392 e. The summed E-state index contributed by atoms with van der Waals surface area (Å²) in [6, 6.07) is 0. The van der Waals surface area contributed by atoms with Crippen LogP contribution in [-0.2, 0) is 0 Å². The third kappa shape index (κ3) is 7.79. The average Bonchev–Trinajstić information content (AvgIpc) is 1.63. The number of rotatable bonds is 3. The van der Waals surface area contributed by atoms with Crippen LogP contribution in [0.1, 0.15) is 26.2 Å². The minimum absolute atomic E-state index is 0.153. The molecule has 9 heavy (non-hydrogen) atoms. The highest BCUT2D eigenvalue weighted by Gasteiger charge is 2.26. The van der Waals surface area contributed by atoms with Crippen LogP contribution in [0.2, 0.25) is 0 Å². The van der Waals surface area contributed by atoms with E-state index in [-0.39, 0.29) is 6.42 Å². The molecule has 0 aliphatic carbocycles. The van der Waals surface area contributed by atoms with E-state index in [9.17, 15) is 13.2 Å². The van der Waals surface area contributed by atoms with Crippen molar-refractivity contribution in [2.24, 2.45) is 0 Å². The number of halogens is 3. The van der Waals surface area contributed by atoms with E-state index in [2.05, 4.69) is 0 Å². The molecule has 0 rings (SSSR count). The molecule has 55 valence electrons. The summed E-state index contributed by atoms with van der Waals surface area (Å²) in [4.78, 5) is 0. The summed E-state index contributed by atoms with van der Waals surface area (Å²) in [7, 11) is 0. The lowest BCUT2D eigenvalue weighted by Gasteiger charge is -2.02. The van der Waals surface area contributed by atoms with Crippen LogP contribution in [0.4, 0.5) is 13.2 Å². The largest absolute Gasteiger partial charge is 0.392 e. The highest BCUT2D eigenvalue weighted by molar-refractivity contribution is 4.73. The van der Waals surface area contributed by atoms with Gasteiger partial charge in [0.25, 0.3) is 0 Å². The lowest BCUT2D eigenvalue weighted by Crippen LogP contribution is -2.07. The van der Waals surface area contributed by atoms with E-state index in [1.165, 1.54) is 0 Å². The van der Waals surface area contributed by atoms with Gasteiger partial charge in [-0.2, -0.15) is 13.2 Å². The molecule has 0 N–H and O–H groups in total. The summed E-state index contributed by atoms with van der Waals surface area (Å²) in [5.41, 5.74) is 0. The molecule has 0 saturated carbocycles. The molecule has 0 aliphatic heterocycles. The van der Waals surface area contributed by atoms with E-state index >= 15 is 0 Å². The van der Waals surface area contributed by atoms with Crippen LogP contribution in [0.3, 0.4) is 0 Å². The number of hydrogen-bond acceptors (Lipinski definition) is 0. The zero-order valence-corrected chi connectivity index (χ0v) is 5.33. The van der Waals surface area contributed by atoms with Gasteiger partial charge in [-0.15, -0.1) is 0 Å². The predicted molar refractivity (Wildman–Crippen MR) is 29.9 cm³/mol. The van der Waals surface area contributed by atoms with Crippen molar-refractivity contribution >= 4 is 0 Å². The molecular formula is C6H10F3. The number of unbranched alkanes of at least 4 members (excludes halogenated alkanes) is 2. The topological polar surface area (TPSA) is 0 Å². The van der Waals surface area contributed by atoms with E-state index < -0.39 is 6.18 Å². The molecule has 0 fully saturated rings. The standard InChI is InChI=1S/C6H10F3/c1-2-3-4-5-6(7,8)9/h5H,2-4H2,1H3. The van der Waals surface area contributed by atoms with Crippen molar-refractivity contribution in [1.29, 1.82) is 0 Å². The lowest BCUT2D eigenvalue weighted by atomic mass is 10.2. The van der Waals surface area contributed by atoms with E-state index in [4.69, 9.17) is 0 Å². The minimum atomic E-state index is -4.07. The maximum absolute atomic E-state index is 11.3. The molecule has 1 radical (unpaired) electrons. The fourth-order valence-corrected chi connectivity index (χ4v) is 0.470. The van der Waals surface area contributed by atoms with E-state index in [1.807, 2.05) is 6.92 Å². The quantitative estimate of drug-likeness (QED) is 0.527. The molecule has 0 saturated heterocycles. The third-order valence-corrected chi connectivity index (χ3v) is 0.933. The Bertz CT molecular complexity index is 65.2. The minimum Gasteiger partial charge on any atom is -0.171 e. The van der Waals surface area contributed by atoms with Gasteiger partial charge in [0.1, 0.15) is 0 Å². The van der Waals surface area contributed by atoms with E-state index in [0.717, 1.165) is 6.42 Å². The molecule has 0 unspecified atom stereocenters. The van der Waals surface area contributed by atoms with Crippen molar-refractivity contribution in [3.05, 3.63) is 6.42 Å². The van der Waals surface area contributed by atoms with Crippen molar-refractivity contribution in [1.82, 2.24) is 0 Å². The van der Waals surface area contributed by atoms with Gasteiger partial charge in [-0.25, -0.2) is 0 Å². The highest BCUT2D eigenvalue weighted by atomic mass is 19.4. The maximum atomic E-state index is 11.3. The Kier molecular flexibility index (Phi) is 3.66. The average molecular weight is 139 g/mol. The van der Waals surface area contributed by atoms with Crippen molar-refractivity contribution in [3.63, 3.8) is 0 Å². The molecule has 0 aromatic heterocycles. The van der Waals surface area contributed by atoms with Crippen LogP contribution in [-0.4, -0.2) is 6.18 Å². The Morgan fingerprint density at radius 1 is 1.33 bits per heavy atom. The van der Waals surface area contributed by atoms with Gasteiger partial charge in [-0.3, -0.25) is 0 Å². The van der Waals surface area contributed by atoms with Crippen LogP contribution < -0.4 is 0 Å². The molecule has 0 heterocycles. The zero-order valence-electron chi connectivity index (χ0n) is 5.33. The summed E-state index contributed by atoms with van der Waals surface area (Å²) >= 11 is 0. The second-order valence-corrected chi connectivity index (χ2v) is 1.89. The first-order chi connectivity index (χ1) is 4.06. The van der Waals surface area contributed by atoms with E-state index in [0.29, 0.717) is 12.8 Å². The van der Waals surface area contributed by atoms with E-state index in [1.54, 1.807) is 0 Å². The van der Waals surface area contributed by atoms with Gasteiger partial charge in [0, 0.05) is 0 Å². The molecule has 3 heteroatoms. The third-order valence-electron chi connectivity index (χ3n) is 0.933. The molecule has 0 atom stereocenters. The second-order valence-electron chi connectivity index (χ2n) is 1.89. The monoisotopic (exact) mass is 139 g/mol. The van der Waals surface area contributed by atoms with Gasteiger partial charge < -0.3 is 0 Å². The summed E-state index contributed by atoms with van der Waals surface area (Å²) < 4.78 is 34.0. The van der Waals surface area contributed by atoms with Gasteiger partial charge >= 0.3 is 6.18 Å². The van der Waals surface area contributed by atoms with Gasteiger partial charge in [0.2, 0.25) is 0 Å². The first kappa shape index (κ1) is 8.79. The summed E-state index contributed by atoms with van der Waals surface area (Å²) in [6.07, 6.45) is -2.09. The Labute approximate surface area is 53.1 Å². The normalized spacial score (nSPS) is 12.0. The van der Waals surface area contributed by atoms with Gasteiger partial charge in [0.15, 0.2) is 0 Å². The zero-order chi connectivity index (χ0) is 7.33. The Balaban J connectivity index is 3.07. The first-order valence-electron chi connectivity index (χ1n) is 2.97. The Morgan fingerprint density at radius 2 is 1.89 bits per heavy atom. The predicted octanol–water partition coefficient (Wildman–Crippen LogP) is 2.94. The first-order valence-corrected chi connectivity index (χ1v) is 2.97. The summed E-state index contributed by atoms with van der Waals surface area (Å²) in [5, 5.41) is 0. The summed E-state index contributed by atoms with van der Waals surface area (Å²) in [6.45, 7) is 1.87. The molecule has 0 spiro atoms. The molecule has 0 aliphatic rings. The highest BCUT2D eigenvalue weighted by Crippen LogP contribution is 2.21. The molecule has 0 nitrogen and oxygen atoms in total. The van der Waals surface area contributed by atoms with Crippen molar-refractivity contribution < 1.29 is 13.2 Å². The van der Waals surface area contributed by atoms with Crippen LogP contribution in [0, 0.1) is 6.42 Å². The SMILES string of the molecule is CCCC[CH]C(F)(F)F. The van der Waals surface area contributed by atoms with Crippen LogP contribution in [0.25, 0.3) is 0 Å². The Morgan fingerprint density at radius 3 is 2.22 bits per heavy atom. The van der Waals surface area contributed by atoms with Crippen LogP contribution >= 0.6 is 0 Å². The number of alkyl halides is 3. The number of hydrogen-bond donors (Lipinski definition) is 0. The fraction of sp³-hybridized carbons (Fsp3) is 0.833. The second kappa shape index (κ2) is 3.75. The molecule has 0 aromatic rings. The van der Waals surface area contributed by atoms with Gasteiger partial charge in [-0.1, -0.05) is 19.8 Å². The van der Waals surface area contributed by atoms with Crippen LogP contribution in [0.15, 0.2) is 0 Å². The smallest absolute Gasteiger partial charge is 0.171 e. The fourth-order valence-electron chi connectivity index (χ4n) is 0.470. The Hall–Kier alpha value is -0.210. The van der Waals surface area contributed by atoms with Crippen molar-refractivity contribution in [3.8, 4) is 0 Å². The van der Waals surface area contributed by atoms with Gasteiger partial charge in [-0.05, 0) is 6.42 Å². The van der Waals surface area contributed by atoms with Crippen molar-refractivity contribution in [2.45, 2.75) is 32.4 Å².